The normalized spacial score (nSPS) is 13.4. The number of rotatable bonds is 23. The number of nitrogens with zero attached hydrogens (tertiary/aromatic N) is 6. The maximum Gasteiger partial charge on any atom is 0.431 e. The predicted octanol–water partition coefficient (Wildman–Crippen LogP) is 0.885. The van der Waals surface area contributed by atoms with E-state index in [1.54, 1.807) is 43.7 Å². The van der Waals surface area contributed by atoms with E-state index in [1.807, 2.05) is 29.1 Å². The highest BCUT2D eigenvalue weighted by Crippen LogP contribution is 2.18. The lowest BCUT2D eigenvalue weighted by Gasteiger charge is -2.37. The molecule has 0 unspecified atom stereocenters. The Morgan fingerprint density at radius 1 is 0.904 bits per heavy atom. The van der Waals surface area contributed by atoms with Gasteiger partial charge in [-0.3, -0.25) is 9.90 Å². The molecule has 2 rings (SSSR count). The van der Waals surface area contributed by atoms with Crippen LogP contribution in [-0.2, 0) is 4.79 Å². The molecule has 1 aliphatic rings. The number of carbonyl (C=O) groups excluding carboxylic acids is 1. The second-order valence-corrected chi connectivity index (χ2v) is 13.2. The maximum absolute atomic E-state index is 10.7. The molecule has 0 aliphatic carbocycles. The van der Waals surface area contributed by atoms with Crippen molar-refractivity contribution in [3.05, 3.63) is 29.8 Å². The van der Waals surface area contributed by atoms with Gasteiger partial charge in [-0.1, -0.05) is 25.7 Å². The minimum absolute atomic E-state index is 0.351. The molecule has 21 heteroatoms. The Bertz CT molecular complexity index is 1230. The first-order valence-corrected chi connectivity index (χ1v) is 18.9. The molecule has 15 nitrogen and oxygen atoms in total. The summed E-state index contributed by atoms with van der Waals surface area (Å²) in [5, 5.41) is 57.3. The van der Waals surface area contributed by atoms with Gasteiger partial charge in [0.15, 0.2) is 11.9 Å². The molecule has 7 N–H and O–H groups in total. The summed E-state index contributed by atoms with van der Waals surface area (Å²) in [4.78, 5) is 29.0. The van der Waals surface area contributed by atoms with E-state index in [9.17, 15) is 29.9 Å². The number of ether oxygens (including phenoxy) is 1. The van der Waals surface area contributed by atoms with E-state index >= 15 is 0 Å². The van der Waals surface area contributed by atoms with Gasteiger partial charge in [-0.25, -0.2) is 0 Å². The molecule has 0 amide bonds. The second kappa shape index (κ2) is 25.8. The molecular formula is C31H59B6N8O7. The molecular weight excluding hydrogens is 661 g/mol. The van der Waals surface area contributed by atoms with Gasteiger partial charge in [0.05, 0.1) is 6.61 Å². The van der Waals surface area contributed by atoms with Crippen molar-refractivity contribution in [2.24, 2.45) is 14.8 Å². The van der Waals surface area contributed by atoms with Crippen LogP contribution in [0.3, 0.4) is 0 Å². The zero-order valence-corrected chi connectivity index (χ0v) is 31.9. The minimum Gasteiger partial charge on any atom is -0.494 e. The van der Waals surface area contributed by atoms with Crippen LogP contribution in [0.15, 0.2) is 39.1 Å². The summed E-state index contributed by atoms with van der Waals surface area (Å²) in [7, 11) is -3.08. The highest BCUT2D eigenvalue weighted by molar-refractivity contribution is 6.66. The SMILES string of the molecule is CB(O)N=C(N(CCCCCCCCNC(=N[B]C=O)NB(C)O)B(C)O)N(CCCCOc1ccc(C2=NCCCCN2B(C)O)cc1)B(C)O. The third kappa shape index (κ3) is 17.6. The monoisotopic (exact) mass is 722 g/mol. The predicted molar refractivity (Wildman–Crippen MR) is 217 cm³/mol. The Balaban J connectivity index is 1.83. The summed E-state index contributed by atoms with van der Waals surface area (Å²) >= 11 is 0. The largest absolute Gasteiger partial charge is 0.494 e. The summed E-state index contributed by atoms with van der Waals surface area (Å²) in [6.07, 6.45) is 9.59. The lowest BCUT2D eigenvalue weighted by atomic mass is 9.80. The van der Waals surface area contributed by atoms with Crippen molar-refractivity contribution in [1.82, 2.24) is 25.0 Å². The van der Waals surface area contributed by atoms with Gasteiger partial charge in [0.25, 0.3) is 0 Å². The molecule has 0 aromatic heterocycles. The quantitative estimate of drug-likeness (QED) is 0.0278. The van der Waals surface area contributed by atoms with E-state index in [-0.39, 0.29) is 0 Å². The van der Waals surface area contributed by atoms with Crippen LogP contribution >= 0.6 is 0 Å². The summed E-state index contributed by atoms with van der Waals surface area (Å²) in [6, 6.07) is 7.76. The number of amidine groups is 1. The van der Waals surface area contributed by atoms with E-state index in [0.29, 0.717) is 57.2 Å². The lowest BCUT2D eigenvalue weighted by Crippen LogP contribution is -2.56. The minimum atomic E-state index is -1.02. The second-order valence-electron chi connectivity index (χ2n) is 13.2. The molecule has 0 spiro atoms. The molecule has 1 heterocycles. The van der Waals surface area contributed by atoms with Crippen molar-refractivity contribution in [3.63, 3.8) is 0 Å². The van der Waals surface area contributed by atoms with Crippen LogP contribution in [0.1, 0.15) is 69.8 Å². The third-order valence-corrected chi connectivity index (χ3v) is 8.41. The van der Waals surface area contributed by atoms with Gasteiger partial charge in [0.2, 0.25) is 0 Å². The van der Waals surface area contributed by atoms with Crippen LogP contribution in [0.2, 0.25) is 34.1 Å². The first-order valence-electron chi connectivity index (χ1n) is 18.9. The summed E-state index contributed by atoms with van der Waals surface area (Å²) in [6.45, 7) is 11.8. The van der Waals surface area contributed by atoms with Gasteiger partial charge in [0, 0.05) is 38.3 Å². The Hall–Kier alpha value is -3.11. The van der Waals surface area contributed by atoms with Gasteiger partial charge in [-0.05, 0) is 96.9 Å². The highest BCUT2D eigenvalue weighted by atomic mass is 16.5. The van der Waals surface area contributed by atoms with E-state index in [4.69, 9.17) is 9.73 Å². The highest BCUT2D eigenvalue weighted by Gasteiger charge is 2.29. The number of aliphatic imine (C=N–C) groups is 1. The van der Waals surface area contributed by atoms with Gasteiger partial charge in [0.1, 0.15) is 17.8 Å². The summed E-state index contributed by atoms with van der Waals surface area (Å²) < 4.78 is 6.01. The number of nitrogens with one attached hydrogen (secondary N) is 2. The molecule has 283 valence electrons. The number of hydrogen-bond donors (Lipinski definition) is 7. The van der Waals surface area contributed by atoms with E-state index in [0.717, 1.165) is 89.0 Å². The van der Waals surface area contributed by atoms with Crippen molar-refractivity contribution < 1.29 is 34.7 Å². The number of carbonyl (C=O) groups is 1. The fourth-order valence-corrected chi connectivity index (χ4v) is 5.82. The summed E-state index contributed by atoms with van der Waals surface area (Å²) in [5.74, 6) is 2.24. The van der Waals surface area contributed by atoms with Crippen molar-refractivity contribution in [2.75, 3.05) is 39.3 Å². The lowest BCUT2D eigenvalue weighted by molar-refractivity contribution is 0.300. The van der Waals surface area contributed by atoms with Crippen molar-refractivity contribution >= 4 is 66.6 Å². The average molecular weight is 721 g/mol. The van der Waals surface area contributed by atoms with E-state index in [2.05, 4.69) is 20.4 Å². The molecule has 1 aromatic rings. The first-order chi connectivity index (χ1) is 24.9. The van der Waals surface area contributed by atoms with Crippen LogP contribution in [0, 0.1) is 0 Å². The Morgan fingerprint density at radius 2 is 1.52 bits per heavy atom. The molecule has 0 fully saturated rings. The number of guanidine groups is 2. The molecule has 1 aromatic carbocycles. The fourth-order valence-electron chi connectivity index (χ4n) is 5.82. The average Bonchev–Trinajstić information content (AvgIpc) is 3.35. The van der Waals surface area contributed by atoms with Gasteiger partial charge < -0.3 is 64.5 Å². The molecule has 0 saturated heterocycles. The van der Waals surface area contributed by atoms with Crippen LogP contribution in [-0.4, -0.2) is 145 Å². The van der Waals surface area contributed by atoms with Crippen LogP contribution in [0.5, 0.6) is 5.75 Å². The maximum atomic E-state index is 10.7. The molecule has 52 heavy (non-hydrogen) atoms. The molecule has 0 bridgehead atoms. The molecule has 0 atom stereocenters. The molecule has 1 aliphatic heterocycles. The van der Waals surface area contributed by atoms with Gasteiger partial charge in [-0.15, -0.1) is 0 Å². The van der Waals surface area contributed by atoms with Crippen LogP contribution in [0.4, 0.5) is 0 Å². The van der Waals surface area contributed by atoms with Crippen molar-refractivity contribution in [1.29, 1.82) is 0 Å². The van der Waals surface area contributed by atoms with Gasteiger partial charge >= 0.3 is 42.7 Å². The topological polar surface area (TPSA) is 198 Å². The van der Waals surface area contributed by atoms with E-state index < -0.39 is 35.3 Å². The van der Waals surface area contributed by atoms with Crippen LogP contribution in [0.25, 0.3) is 0 Å². The number of hydrogen-bond acceptors (Lipinski definition) is 11. The Morgan fingerprint density at radius 3 is 2.10 bits per heavy atom. The third-order valence-electron chi connectivity index (χ3n) is 8.41. The fraction of sp³-hybridized carbons (Fsp3) is 0.677. The summed E-state index contributed by atoms with van der Waals surface area (Å²) in [5.41, 5.74) is 0.944. The number of benzene rings is 1. The zero-order valence-electron chi connectivity index (χ0n) is 31.9. The number of unbranched alkanes of at least 4 members (excludes halogenated alkanes) is 6. The molecule has 1 radical (unpaired) electrons. The Labute approximate surface area is 313 Å². The Kier molecular flexibility index (Phi) is 22.3. The van der Waals surface area contributed by atoms with Gasteiger partial charge in [-0.2, -0.15) is 0 Å². The van der Waals surface area contributed by atoms with Crippen molar-refractivity contribution in [3.8, 4) is 5.75 Å². The van der Waals surface area contributed by atoms with Crippen LogP contribution < -0.4 is 15.3 Å². The standard InChI is InChI=1S/C31H59B6N8O7/c1-33(47)41-30(40-32-26-46)39-21-10-8-6-7-9-12-23-44(36(4)50)31(42-34(2)48)45(37(5)51)24-14-15-25-52-28-18-16-27(17-19-28)29-38-20-11-13-22-43(29)35(3)49/h16-19,26,47-51H,6-15,20-25H2,1-5H3,(H2,39,40,41). The smallest absolute Gasteiger partial charge is 0.431 e. The van der Waals surface area contributed by atoms with E-state index in [1.165, 1.54) is 0 Å². The molecule has 0 saturated carbocycles. The van der Waals surface area contributed by atoms with Crippen molar-refractivity contribution in [2.45, 2.75) is 98.3 Å². The zero-order chi connectivity index (χ0) is 38.3. The first kappa shape index (κ1) is 45.0.